The molecule has 0 bridgehead atoms. The van der Waals surface area contributed by atoms with Crippen LogP contribution >= 0.6 is 0 Å². The molecule has 0 saturated carbocycles. The van der Waals surface area contributed by atoms with E-state index in [2.05, 4.69) is 6.92 Å². The van der Waals surface area contributed by atoms with E-state index in [4.69, 9.17) is 0 Å². The second-order valence-electron chi connectivity index (χ2n) is 5.97. The number of hydrogen-bond acceptors (Lipinski definition) is 2. The summed E-state index contributed by atoms with van der Waals surface area (Å²) in [6.45, 7) is 2.06. The summed E-state index contributed by atoms with van der Waals surface area (Å²) in [5, 5.41) is 19.3. The van der Waals surface area contributed by atoms with E-state index >= 15 is 0 Å². The van der Waals surface area contributed by atoms with Crippen LogP contribution in [0.25, 0.3) is 11.1 Å². The Hall–Kier alpha value is -3.33. The summed E-state index contributed by atoms with van der Waals surface area (Å²) in [6, 6.07) is 23.9. The number of phenolic OH excluding ortho intramolecular Hbond substituents is 1. The Balaban J connectivity index is 2.36. The summed E-state index contributed by atoms with van der Waals surface area (Å²) < 4.78 is 0. The van der Waals surface area contributed by atoms with Crippen LogP contribution in [0.2, 0.25) is 0 Å². The summed E-state index contributed by atoms with van der Waals surface area (Å²) >= 11 is 0. The van der Waals surface area contributed by atoms with Gasteiger partial charge in [-0.05, 0) is 52.5 Å². The highest BCUT2D eigenvalue weighted by atomic mass is 16.4. The van der Waals surface area contributed by atoms with Gasteiger partial charge in [0.25, 0.3) is 0 Å². The van der Waals surface area contributed by atoms with Gasteiger partial charge >= 0.3 is 5.97 Å². The SMILES string of the molecule is CCC(=C(c1ccc(O)cc1)c1ccccc1C(=O)O)c1ccccc1. The number of aromatic carboxylic acids is 1. The molecule has 26 heavy (non-hydrogen) atoms. The largest absolute Gasteiger partial charge is 0.508 e. The average Bonchev–Trinajstić information content (AvgIpc) is 2.67. The van der Waals surface area contributed by atoms with Crippen molar-refractivity contribution in [3.63, 3.8) is 0 Å². The van der Waals surface area contributed by atoms with Crippen LogP contribution in [0, 0.1) is 0 Å². The molecule has 0 unspecified atom stereocenters. The van der Waals surface area contributed by atoms with E-state index in [0.29, 0.717) is 5.56 Å². The average molecular weight is 344 g/mol. The molecule has 0 radical (unpaired) electrons. The maximum atomic E-state index is 11.8. The molecule has 0 amide bonds. The van der Waals surface area contributed by atoms with Crippen molar-refractivity contribution in [2.24, 2.45) is 0 Å². The molecule has 130 valence electrons. The van der Waals surface area contributed by atoms with Crippen LogP contribution in [0.4, 0.5) is 0 Å². The Bertz CT molecular complexity index is 939. The predicted octanol–water partition coefficient (Wildman–Crippen LogP) is 5.46. The van der Waals surface area contributed by atoms with E-state index < -0.39 is 5.97 Å². The topological polar surface area (TPSA) is 57.5 Å². The van der Waals surface area contributed by atoms with Gasteiger partial charge in [-0.15, -0.1) is 0 Å². The van der Waals surface area contributed by atoms with E-state index in [-0.39, 0.29) is 11.3 Å². The highest BCUT2D eigenvalue weighted by Gasteiger charge is 2.18. The third kappa shape index (κ3) is 3.52. The third-order valence-corrected chi connectivity index (χ3v) is 4.36. The molecule has 0 aliphatic carbocycles. The number of allylic oxidation sites excluding steroid dienone is 1. The highest BCUT2D eigenvalue weighted by Crippen LogP contribution is 2.36. The molecule has 0 atom stereocenters. The van der Waals surface area contributed by atoms with Crippen molar-refractivity contribution in [2.45, 2.75) is 13.3 Å². The van der Waals surface area contributed by atoms with Crippen molar-refractivity contribution in [1.82, 2.24) is 0 Å². The first kappa shape index (κ1) is 17.5. The smallest absolute Gasteiger partial charge is 0.336 e. The first-order valence-electron chi connectivity index (χ1n) is 8.52. The minimum absolute atomic E-state index is 0.178. The lowest BCUT2D eigenvalue weighted by Gasteiger charge is -2.18. The van der Waals surface area contributed by atoms with E-state index in [9.17, 15) is 15.0 Å². The van der Waals surface area contributed by atoms with Gasteiger partial charge in [0, 0.05) is 0 Å². The lowest BCUT2D eigenvalue weighted by atomic mass is 9.86. The van der Waals surface area contributed by atoms with E-state index in [0.717, 1.165) is 28.7 Å². The van der Waals surface area contributed by atoms with Gasteiger partial charge in [-0.2, -0.15) is 0 Å². The van der Waals surface area contributed by atoms with Gasteiger partial charge in [0.05, 0.1) is 5.56 Å². The molecular weight excluding hydrogens is 324 g/mol. The normalized spacial score (nSPS) is 11.7. The number of aromatic hydroxyl groups is 1. The molecule has 2 N–H and O–H groups in total. The van der Waals surface area contributed by atoms with Crippen LogP contribution in [-0.4, -0.2) is 16.2 Å². The molecular formula is C23H20O3. The number of rotatable bonds is 5. The van der Waals surface area contributed by atoms with E-state index in [1.807, 2.05) is 54.6 Å². The summed E-state index contributed by atoms with van der Waals surface area (Å²) in [4.78, 5) is 11.8. The van der Waals surface area contributed by atoms with Gasteiger partial charge in [0.1, 0.15) is 5.75 Å². The van der Waals surface area contributed by atoms with Crippen LogP contribution in [0.5, 0.6) is 5.75 Å². The number of benzene rings is 3. The van der Waals surface area contributed by atoms with Crippen molar-refractivity contribution in [2.75, 3.05) is 0 Å². The molecule has 0 aromatic heterocycles. The molecule has 0 spiro atoms. The zero-order valence-corrected chi connectivity index (χ0v) is 14.5. The van der Waals surface area contributed by atoms with E-state index in [1.54, 1.807) is 24.3 Å². The summed E-state index contributed by atoms with van der Waals surface area (Å²) in [6.07, 6.45) is 0.744. The summed E-state index contributed by atoms with van der Waals surface area (Å²) in [7, 11) is 0. The second-order valence-corrected chi connectivity index (χ2v) is 5.97. The molecule has 0 fully saturated rings. The lowest BCUT2D eigenvalue weighted by molar-refractivity contribution is 0.0696. The molecule has 3 aromatic rings. The molecule has 0 aliphatic heterocycles. The molecule has 3 rings (SSSR count). The van der Waals surface area contributed by atoms with Crippen LogP contribution in [0.1, 0.15) is 40.4 Å². The minimum atomic E-state index is -0.958. The zero-order valence-electron chi connectivity index (χ0n) is 14.5. The van der Waals surface area contributed by atoms with Crippen LogP contribution in [0.3, 0.4) is 0 Å². The Kier molecular flexibility index (Phi) is 5.18. The first-order valence-corrected chi connectivity index (χ1v) is 8.52. The van der Waals surface area contributed by atoms with Gasteiger partial charge in [-0.3, -0.25) is 0 Å². The maximum Gasteiger partial charge on any atom is 0.336 e. The van der Waals surface area contributed by atoms with Crippen LogP contribution < -0.4 is 0 Å². The summed E-state index contributed by atoms with van der Waals surface area (Å²) in [5.74, 6) is -0.780. The number of carboxylic acid groups (broad SMARTS) is 1. The van der Waals surface area contributed by atoms with Crippen molar-refractivity contribution in [3.8, 4) is 5.75 Å². The fourth-order valence-electron chi connectivity index (χ4n) is 3.17. The first-order chi connectivity index (χ1) is 12.6. The summed E-state index contributed by atoms with van der Waals surface area (Å²) in [5.41, 5.74) is 4.79. The van der Waals surface area contributed by atoms with Gasteiger partial charge in [-0.25, -0.2) is 4.79 Å². The highest BCUT2D eigenvalue weighted by molar-refractivity contribution is 6.04. The molecule has 3 aromatic carbocycles. The van der Waals surface area contributed by atoms with E-state index in [1.165, 1.54) is 0 Å². The fourth-order valence-corrected chi connectivity index (χ4v) is 3.17. The zero-order chi connectivity index (χ0) is 18.5. The minimum Gasteiger partial charge on any atom is -0.508 e. The van der Waals surface area contributed by atoms with Crippen molar-refractivity contribution in [1.29, 1.82) is 0 Å². The number of hydrogen-bond donors (Lipinski definition) is 2. The monoisotopic (exact) mass is 344 g/mol. The second kappa shape index (κ2) is 7.70. The number of carbonyl (C=O) groups is 1. The fraction of sp³-hybridized carbons (Fsp3) is 0.0870. The van der Waals surface area contributed by atoms with Gasteiger partial charge in [-0.1, -0.05) is 67.6 Å². The molecule has 0 saturated heterocycles. The molecule has 3 nitrogen and oxygen atoms in total. The van der Waals surface area contributed by atoms with Gasteiger partial charge in [0.15, 0.2) is 0 Å². The van der Waals surface area contributed by atoms with Crippen molar-refractivity contribution >= 4 is 17.1 Å². The number of carboxylic acids is 1. The molecule has 0 aliphatic rings. The van der Waals surface area contributed by atoms with Crippen LogP contribution in [0.15, 0.2) is 78.9 Å². The number of phenols is 1. The third-order valence-electron chi connectivity index (χ3n) is 4.36. The van der Waals surface area contributed by atoms with Crippen molar-refractivity contribution in [3.05, 3.63) is 101 Å². The lowest BCUT2D eigenvalue weighted by Crippen LogP contribution is -2.04. The molecule has 3 heteroatoms. The maximum absolute atomic E-state index is 11.8. The van der Waals surface area contributed by atoms with Gasteiger partial charge in [0.2, 0.25) is 0 Å². The van der Waals surface area contributed by atoms with Gasteiger partial charge < -0.3 is 10.2 Å². The Labute approximate surface area is 152 Å². The Morgan fingerprint density at radius 3 is 1.92 bits per heavy atom. The standard InChI is InChI=1S/C23H20O3/c1-2-19(16-8-4-3-5-9-16)22(17-12-14-18(24)15-13-17)20-10-6-7-11-21(20)23(25)26/h3-15,24H,2H2,1H3,(H,25,26). The Morgan fingerprint density at radius 2 is 1.35 bits per heavy atom. The predicted molar refractivity (Wildman–Crippen MR) is 104 cm³/mol. The Morgan fingerprint density at radius 1 is 0.769 bits per heavy atom. The molecule has 0 heterocycles. The van der Waals surface area contributed by atoms with Crippen molar-refractivity contribution < 1.29 is 15.0 Å². The quantitative estimate of drug-likeness (QED) is 0.604. The van der Waals surface area contributed by atoms with Crippen LogP contribution in [-0.2, 0) is 0 Å².